The zero-order valence-corrected chi connectivity index (χ0v) is 16.6. The van der Waals surface area contributed by atoms with E-state index in [0.717, 1.165) is 12.8 Å². The van der Waals surface area contributed by atoms with Crippen molar-refractivity contribution in [2.75, 3.05) is 26.7 Å². The molecule has 1 aliphatic heterocycles. The molecule has 0 spiro atoms. The highest BCUT2D eigenvalue weighted by molar-refractivity contribution is 6.30. The molecule has 2 N–H and O–H groups in total. The van der Waals surface area contributed by atoms with Crippen molar-refractivity contribution in [2.45, 2.75) is 39.0 Å². The summed E-state index contributed by atoms with van der Waals surface area (Å²) in [6.07, 6.45) is 1.20. The van der Waals surface area contributed by atoms with Crippen LogP contribution >= 0.6 is 11.6 Å². The Kier molecular flexibility index (Phi) is 8.56. The highest BCUT2D eigenvalue weighted by atomic mass is 35.5. The number of hydrogen-bond acceptors (Lipinski definition) is 4. The van der Waals surface area contributed by atoms with Gasteiger partial charge >= 0.3 is 12.7 Å². The van der Waals surface area contributed by atoms with Gasteiger partial charge in [0.15, 0.2) is 5.96 Å². The Hall–Kier alpha value is -2.29. The smallest absolute Gasteiger partial charge is 0.409 e. The fraction of sp³-hybridized carbons (Fsp3) is 0.556. The third kappa shape index (κ3) is 6.70. The van der Waals surface area contributed by atoms with Crippen LogP contribution in [-0.2, 0) is 11.3 Å². The van der Waals surface area contributed by atoms with E-state index < -0.39 is 6.61 Å². The highest BCUT2D eigenvalue weighted by Crippen LogP contribution is 2.24. The molecule has 0 aromatic heterocycles. The summed E-state index contributed by atoms with van der Waals surface area (Å²) in [6, 6.07) is 4.60. The number of nitrogens with one attached hydrogen (secondary N) is 2. The van der Waals surface area contributed by atoms with Crippen LogP contribution in [0.2, 0.25) is 5.02 Å². The van der Waals surface area contributed by atoms with Crippen molar-refractivity contribution < 1.29 is 23.0 Å². The van der Waals surface area contributed by atoms with E-state index in [1.807, 2.05) is 0 Å². The van der Waals surface area contributed by atoms with E-state index in [-0.39, 0.29) is 24.4 Å². The molecule has 0 aliphatic carbocycles. The monoisotopic (exact) mass is 418 g/mol. The number of aliphatic imine (C=N–C) groups is 1. The molecular weight excluding hydrogens is 394 g/mol. The Labute approximate surface area is 168 Å². The number of benzene rings is 1. The standard InChI is InChI=1S/C18H25ClF2N4O3/c1-3-27-18(26)25-8-6-14(7-9-25)24-17(22-2)23-11-12-10-13(19)4-5-15(12)28-16(20)21/h4-5,10,14,16H,3,6-9,11H2,1-2H3,(H2,22,23,24). The average molecular weight is 419 g/mol. The SMILES string of the molecule is CCOC(=O)N1CCC(NC(=NC)NCc2cc(Cl)ccc2OC(F)F)CC1. The Balaban J connectivity index is 1.87. The van der Waals surface area contributed by atoms with Crippen molar-refractivity contribution in [3.63, 3.8) is 0 Å². The molecule has 0 bridgehead atoms. The number of rotatable bonds is 6. The molecule has 10 heteroatoms. The number of halogens is 3. The Morgan fingerprint density at radius 1 is 1.39 bits per heavy atom. The van der Waals surface area contributed by atoms with Gasteiger partial charge in [0, 0.05) is 43.3 Å². The molecule has 1 amide bonds. The quantitative estimate of drug-likeness (QED) is 0.548. The summed E-state index contributed by atoms with van der Waals surface area (Å²) in [4.78, 5) is 17.6. The summed E-state index contributed by atoms with van der Waals surface area (Å²) >= 11 is 5.96. The number of carbonyl (C=O) groups is 1. The number of amides is 1. The summed E-state index contributed by atoms with van der Waals surface area (Å²) in [6.45, 7) is 0.613. The highest BCUT2D eigenvalue weighted by Gasteiger charge is 2.24. The van der Waals surface area contributed by atoms with Gasteiger partial charge in [-0.3, -0.25) is 4.99 Å². The van der Waals surface area contributed by atoms with Gasteiger partial charge in [0.1, 0.15) is 5.75 Å². The zero-order chi connectivity index (χ0) is 20.5. The van der Waals surface area contributed by atoms with E-state index in [1.54, 1.807) is 24.9 Å². The summed E-state index contributed by atoms with van der Waals surface area (Å²) in [5.41, 5.74) is 0.493. The van der Waals surface area contributed by atoms with E-state index in [0.29, 0.717) is 36.2 Å². The first kappa shape index (κ1) is 22.0. The van der Waals surface area contributed by atoms with E-state index in [2.05, 4.69) is 20.4 Å². The van der Waals surface area contributed by atoms with E-state index >= 15 is 0 Å². The van der Waals surface area contributed by atoms with Crippen LogP contribution in [0.4, 0.5) is 13.6 Å². The van der Waals surface area contributed by atoms with Gasteiger partial charge in [0.25, 0.3) is 0 Å². The van der Waals surface area contributed by atoms with Gasteiger partial charge in [-0.25, -0.2) is 4.79 Å². The molecule has 7 nitrogen and oxygen atoms in total. The molecule has 0 unspecified atom stereocenters. The Morgan fingerprint density at radius 3 is 2.71 bits per heavy atom. The van der Waals surface area contributed by atoms with Gasteiger partial charge in [-0.1, -0.05) is 11.6 Å². The van der Waals surface area contributed by atoms with Gasteiger partial charge in [0.05, 0.1) is 6.61 Å². The topological polar surface area (TPSA) is 75.2 Å². The summed E-state index contributed by atoms with van der Waals surface area (Å²) in [7, 11) is 1.62. The van der Waals surface area contributed by atoms with Crippen molar-refractivity contribution in [1.82, 2.24) is 15.5 Å². The third-order valence-corrected chi connectivity index (χ3v) is 4.51. The van der Waals surface area contributed by atoms with Gasteiger partial charge in [-0.2, -0.15) is 8.78 Å². The molecule has 0 saturated carbocycles. The number of carbonyl (C=O) groups excluding carboxylic acids is 1. The molecule has 1 saturated heterocycles. The largest absolute Gasteiger partial charge is 0.450 e. The molecule has 0 radical (unpaired) electrons. The second-order valence-corrected chi connectivity index (χ2v) is 6.60. The normalized spacial score (nSPS) is 15.5. The lowest BCUT2D eigenvalue weighted by molar-refractivity contribution is -0.0504. The van der Waals surface area contributed by atoms with Crippen LogP contribution in [0.5, 0.6) is 5.75 Å². The van der Waals surface area contributed by atoms with Crippen LogP contribution in [0.15, 0.2) is 23.2 Å². The maximum Gasteiger partial charge on any atom is 0.409 e. The van der Waals surface area contributed by atoms with Crippen molar-refractivity contribution in [3.8, 4) is 5.75 Å². The number of hydrogen-bond donors (Lipinski definition) is 2. The van der Waals surface area contributed by atoms with Crippen LogP contribution in [0, 0.1) is 0 Å². The number of guanidine groups is 1. The van der Waals surface area contributed by atoms with Gasteiger partial charge < -0.3 is 25.0 Å². The molecule has 1 fully saturated rings. The van der Waals surface area contributed by atoms with E-state index in [9.17, 15) is 13.6 Å². The molecule has 1 aliphatic rings. The molecule has 2 rings (SSSR count). The van der Waals surface area contributed by atoms with Crippen LogP contribution in [0.25, 0.3) is 0 Å². The lowest BCUT2D eigenvalue weighted by Crippen LogP contribution is -2.49. The number of ether oxygens (including phenoxy) is 2. The molecule has 1 heterocycles. The predicted octanol–water partition coefficient (Wildman–Crippen LogP) is 3.23. The second-order valence-electron chi connectivity index (χ2n) is 6.16. The van der Waals surface area contributed by atoms with Gasteiger partial charge in [-0.05, 0) is 38.0 Å². The molecule has 156 valence electrons. The van der Waals surface area contributed by atoms with Gasteiger partial charge in [-0.15, -0.1) is 0 Å². The van der Waals surface area contributed by atoms with Crippen LogP contribution < -0.4 is 15.4 Å². The van der Waals surface area contributed by atoms with Crippen LogP contribution in [-0.4, -0.2) is 56.4 Å². The maximum atomic E-state index is 12.6. The maximum absolute atomic E-state index is 12.6. The molecular formula is C18H25ClF2N4O3. The second kappa shape index (κ2) is 10.9. The van der Waals surface area contributed by atoms with Crippen molar-refractivity contribution >= 4 is 23.7 Å². The zero-order valence-electron chi connectivity index (χ0n) is 15.9. The first-order valence-electron chi connectivity index (χ1n) is 9.05. The van der Waals surface area contributed by atoms with Crippen molar-refractivity contribution in [1.29, 1.82) is 0 Å². The van der Waals surface area contributed by atoms with E-state index in [1.165, 1.54) is 12.1 Å². The number of nitrogens with zero attached hydrogens (tertiary/aromatic N) is 2. The molecule has 28 heavy (non-hydrogen) atoms. The van der Waals surface area contributed by atoms with Gasteiger partial charge in [0.2, 0.25) is 0 Å². The third-order valence-electron chi connectivity index (χ3n) is 4.27. The van der Waals surface area contributed by atoms with E-state index in [4.69, 9.17) is 16.3 Å². The molecule has 1 aromatic carbocycles. The average Bonchev–Trinajstić information content (AvgIpc) is 2.67. The van der Waals surface area contributed by atoms with Crippen molar-refractivity contribution in [2.24, 2.45) is 4.99 Å². The Bertz CT molecular complexity index is 683. The van der Waals surface area contributed by atoms with Crippen LogP contribution in [0.1, 0.15) is 25.3 Å². The lowest BCUT2D eigenvalue weighted by atomic mass is 10.1. The minimum Gasteiger partial charge on any atom is -0.450 e. The number of likely N-dealkylation sites (tertiary alicyclic amines) is 1. The minimum atomic E-state index is -2.91. The first-order chi connectivity index (χ1) is 13.4. The number of alkyl halides is 2. The van der Waals surface area contributed by atoms with Crippen LogP contribution in [0.3, 0.4) is 0 Å². The molecule has 0 atom stereocenters. The summed E-state index contributed by atoms with van der Waals surface area (Å²) < 4.78 is 34.7. The summed E-state index contributed by atoms with van der Waals surface area (Å²) in [5.74, 6) is 0.586. The fourth-order valence-corrected chi connectivity index (χ4v) is 3.08. The summed E-state index contributed by atoms with van der Waals surface area (Å²) in [5, 5.41) is 6.78. The Morgan fingerprint density at radius 2 is 2.11 bits per heavy atom. The van der Waals surface area contributed by atoms with Crippen molar-refractivity contribution in [3.05, 3.63) is 28.8 Å². The lowest BCUT2D eigenvalue weighted by Gasteiger charge is -2.32. The first-order valence-corrected chi connectivity index (χ1v) is 9.42. The molecule has 1 aromatic rings. The number of piperidine rings is 1. The fourth-order valence-electron chi connectivity index (χ4n) is 2.89. The minimum absolute atomic E-state index is 0.0603. The predicted molar refractivity (Wildman–Crippen MR) is 103 cm³/mol.